The molecule has 0 aliphatic heterocycles. The van der Waals surface area contributed by atoms with Crippen LogP contribution in [0.3, 0.4) is 0 Å². The van der Waals surface area contributed by atoms with E-state index in [4.69, 9.17) is 0 Å². The van der Waals surface area contributed by atoms with Crippen molar-refractivity contribution in [3.8, 4) is 0 Å². The molecule has 0 fully saturated rings. The Kier molecular flexibility index (Phi) is 4.20. The Hall–Kier alpha value is -1.79. The number of carbonyl (C=O) groups excluding carboxylic acids is 3. The van der Waals surface area contributed by atoms with Gasteiger partial charge in [0.1, 0.15) is 0 Å². The number of rotatable bonds is 0. The third kappa shape index (κ3) is 4.09. The van der Waals surface area contributed by atoms with Crippen LogP contribution in [0.1, 0.15) is 0 Å². The van der Waals surface area contributed by atoms with Gasteiger partial charge in [-0.3, -0.25) is 0 Å². The molecule has 0 aromatic heterocycles. The Balaban J connectivity index is 3.74. The van der Waals surface area contributed by atoms with Crippen molar-refractivity contribution in [1.82, 2.24) is 0 Å². The van der Waals surface area contributed by atoms with Crippen molar-refractivity contribution in [2.75, 3.05) is 14.2 Å². The van der Waals surface area contributed by atoms with E-state index in [0.29, 0.717) is 0 Å². The quantitative estimate of drug-likeness (QED) is 0.397. The molecule has 0 amide bonds. The van der Waals surface area contributed by atoms with Gasteiger partial charge in [-0.15, -0.1) is 0 Å². The molecule has 0 atom stereocenters. The molecule has 0 saturated heterocycles. The first-order chi connectivity index (χ1) is 5.60. The molecular formula is C5H6O7. The summed E-state index contributed by atoms with van der Waals surface area (Å²) < 4.78 is 15.3. The van der Waals surface area contributed by atoms with Gasteiger partial charge in [-0.25, -0.2) is 14.4 Å². The van der Waals surface area contributed by atoms with Crippen LogP contribution in [0, 0.1) is 0 Å². The van der Waals surface area contributed by atoms with Gasteiger partial charge in [0, 0.05) is 0 Å². The van der Waals surface area contributed by atoms with Gasteiger partial charge < -0.3 is 18.9 Å². The minimum atomic E-state index is -1.51. The maximum absolute atomic E-state index is 10.3. The fourth-order valence-corrected chi connectivity index (χ4v) is 0.240. The SMILES string of the molecule is COC(=O)OC(=O)OC(=O)OC. The number of carbonyl (C=O) groups is 3. The lowest BCUT2D eigenvalue weighted by Crippen LogP contribution is -2.17. The van der Waals surface area contributed by atoms with Crippen molar-refractivity contribution in [3.63, 3.8) is 0 Å². The highest BCUT2D eigenvalue weighted by Crippen LogP contribution is 1.90. The van der Waals surface area contributed by atoms with E-state index in [-0.39, 0.29) is 0 Å². The Morgan fingerprint density at radius 3 is 1.33 bits per heavy atom. The Labute approximate surface area is 67.1 Å². The van der Waals surface area contributed by atoms with Crippen LogP contribution in [0.4, 0.5) is 14.4 Å². The number of methoxy groups -OCH3 is 2. The van der Waals surface area contributed by atoms with E-state index >= 15 is 0 Å². The molecule has 0 unspecified atom stereocenters. The fraction of sp³-hybridized carbons (Fsp3) is 0.400. The van der Waals surface area contributed by atoms with E-state index in [1.54, 1.807) is 0 Å². The summed E-state index contributed by atoms with van der Waals surface area (Å²) in [6, 6.07) is 0. The molecule has 0 aromatic rings. The van der Waals surface area contributed by atoms with Gasteiger partial charge in [0.05, 0.1) is 14.2 Å². The standard InChI is InChI=1S/C5H6O7/c1-9-3(6)11-5(8)12-4(7)10-2/h1-2H3. The second-order valence-electron chi connectivity index (χ2n) is 1.36. The highest BCUT2D eigenvalue weighted by Gasteiger charge is 2.16. The minimum absolute atomic E-state index is 0.994. The maximum Gasteiger partial charge on any atom is 0.528 e. The molecule has 0 aliphatic carbocycles. The second-order valence-corrected chi connectivity index (χ2v) is 1.36. The average Bonchev–Trinajstić information content (AvgIpc) is 2.03. The third-order valence-electron chi connectivity index (χ3n) is 0.667. The first kappa shape index (κ1) is 10.2. The van der Waals surface area contributed by atoms with Crippen LogP contribution in [0.2, 0.25) is 0 Å². The van der Waals surface area contributed by atoms with Crippen LogP contribution in [0.25, 0.3) is 0 Å². The molecule has 0 N–H and O–H groups in total. The Bertz CT molecular complexity index is 176. The second kappa shape index (κ2) is 4.94. The van der Waals surface area contributed by atoms with Gasteiger partial charge >= 0.3 is 18.5 Å². The van der Waals surface area contributed by atoms with Gasteiger partial charge in [0.25, 0.3) is 0 Å². The van der Waals surface area contributed by atoms with Crippen LogP contribution in [-0.4, -0.2) is 32.7 Å². The summed E-state index contributed by atoms with van der Waals surface area (Å²) in [5.41, 5.74) is 0. The Morgan fingerprint density at radius 2 is 1.08 bits per heavy atom. The molecule has 7 heteroatoms. The lowest BCUT2D eigenvalue weighted by Gasteiger charge is -1.99. The van der Waals surface area contributed by atoms with Gasteiger partial charge in [0.2, 0.25) is 0 Å². The fourth-order valence-electron chi connectivity index (χ4n) is 0.240. The Morgan fingerprint density at radius 1 is 0.750 bits per heavy atom. The molecule has 0 spiro atoms. The topological polar surface area (TPSA) is 88.1 Å². The zero-order chi connectivity index (χ0) is 9.56. The van der Waals surface area contributed by atoms with Crippen LogP contribution in [0.15, 0.2) is 0 Å². The van der Waals surface area contributed by atoms with Crippen molar-refractivity contribution in [3.05, 3.63) is 0 Å². The van der Waals surface area contributed by atoms with E-state index in [9.17, 15) is 14.4 Å². The number of hydrogen-bond acceptors (Lipinski definition) is 7. The zero-order valence-electron chi connectivity index (χ0n) is 6.36. The molecule has 0 radical (unpaired) electrons. The first-order valence-electron chi connectivity index (χ1n) is 2.65. The number of ether oxygens (including phenoxy) is 4. The summed E-state index contributed by atoms with van der Waals surface area (Å²) in [5, 5.41) is 0. The normalized spacial score (nSPS) is 8.17. The molecule has 68 valence electrons. The van der Waals surface area contributed by atoms with Crippen LogP contribution >= 0.6 is 0 Å². The summed E-state index contributed by atoms with van der Waals surface area (Å²) in [6.07, 6.45) is -4.05. The summed E-state index contributed by atoms with van der Waals surface area (Å²) in [4.78, 5) is 30.7. The van der Waals surface area contributed by atoms with E-state index in [1.165, 1.54) is 0 Å². The average molecular weight is 178 g/mol. The summed E-state index contributed by atoms with van der Waals surface area (Å²) >= 11 is 0. The van der Waals surface area contributed by atoms with Crippen LogP contribution in [-0.2, 0) is 18.9 Å². The predicted octanol–water partition coefficient (Wildman–Crippen LogP) is 0.672. The summed E-state index contributed by atoms with van der Waals surface area (Å²) in [6.45, 7) is 0. The third-order valence-corrected chi connectivity index (χ3v) is 0.667. The monoisotopic (exact) mass is 178 g/mol. The molecule has 0 heterocycles. The molecule has 0 aliphatic rings. The highest BCUT2D eigenvalue weighted by molar-refractivity contribution is 5.83. The van der Waals surface area contributed by atoms with E-state index < -0.39 is 18.5 Å². The highest BCUT2D eigenvalue weighted by atomic mass is 16.9. The van der Waals surface area contributed by atoms with Gasteiger partial charge in [-0.05, 0) is 0 Å². The van der Waals surface area contributed by atoms with E-state index in [1.807, 2.05) is 0 Å². The molecule has 7 nitrogen and oxygen atoms in total. The minimum Gasteiger partial charge on any atom is -0.437 e. The van der Waals surface area contributed by atoms with Crippen molar-refractivity contribution >= 4 is 18.5 Å². The van der Waals surface area contributed by atoms with Crippen LogP contribution < -0.4 is 0 Å². The molecule has 12 heavy (non-hydrogen) atoms. The summed E-state index contributed by atoms with van der Waals surface area (Å²) in [5.74, 6) is 0. The smallest absolute Gasteiger partial charge is 0.437 e. The molecule has 0 bridgehead atoms. The van der Waals surface area contributed by atoms with Crippen molar-refractivity contribution in [2.45, 2.75) is 0 Å². The van der Waals surface area contributed by atoms with Gasteiger partial charge in [0.15, 0.2) is 0 Å². The molecule has 0 rings (SSSR count). The summed E-state index contributed by atoms with van der Waals surface area (Å²) in [7, 11) is 1.99. The largest absolute Gasteiger partial charge is 0.528 e. The number of hydrogen-bond donors (Lipinski definition) is 0. The molecular weight excluding hydrogens is 172 g/mol. The lowest BCUT2D eigenvalue weighted by molar-refractivity contribution is 0.0411. The van der Waals surface area contributed by atoms with E-state index in [2.05, 4.69) is 18.9 Å². The van der Waals surface area contributed by atoms with Gasteiger partial charge in [-0.2, -0.15) is 0 Å². The van der Waals surface area contributed by atoms with Crippen molar-refractivity contribution in [2.24, 2.45) is 0 Å². The first-order valence-corrected chi connectivity index (χ1v) is 2.65. The van der Waals surface area contributed by atoms with E-state index in [0.717, 1.165) is 14.2 Å². The van der Waals surface area contributed by atoms with Gasteiger partial charge in [-0.1, -0.05) is 0 Å². The maximum atomic E-state index is 10.3. The molecule has 0 saturated carbocycles. The lowest BCUT2D eigenvalue weighted by atomic mass is 11.2. The van der Waals surface area contributed by atoms with Crippen molar-refractivity contribution < 1.29 is 33.3 Å². The molecule has 0 aromatic carbocycles. The van der Waals surface area contributed by atoms with Crippen LogP contribution in [0.5, 0.6) is 0 Å². The zero-order valence-corrected chi connectivity index (χ0v) is 6.36. The predicted molar refractivity (Wildman–Crippen MR) is 32.4 cm³/mol. The van der Waals surface area contributed by atoms with Crippen molar-refractivity contribution in [1.29, 1.82) is 0 Å².